The van der Waals surface area contributed by atoms with Crippen molar-refractivity contribution in [3.63, 3.8) is 0 Å². The van der Waals surface area contributed by atoms with Crippen LogP contribution in [0.4, 0.5) is 8.78 Å². The van der Waals surface area contributed by atoms with E-state index in [4.69, 9.17) is 0 Å². The maximum Gasteiger partial charge on any atom is 0.243 e. The van der Waals surface area contributed by atoms with Crippen molar-refractivity contribution in [2.75, 3.05) is 13.1 Å². The molecule has 1 aliphatic heterocycles. The molecule has 2 heterocycles. The van der Waals surface area contributed by atoms with Crippen molar-refractivity contribution in [3.8, 4) is 0 Å². The maximum atomic E-state index is 13.4. The number of thiophene rings is 1. The van der Waals surface area contributed by atoms with Gasteiger partial charge in [0.1, 0.15) is 11.6 Å². The number of carbonyl (C=O) groups is 1. The van der Waals surface area contributed by atoms with E-state index in [-0.39, 0.29) is 23.2 Å². The Hall–Kier alpha value is -2.62. The fourth-order valence-electron chi connectivity index (χ4n) is 3.82. The van der Waals surface area contributed by atoms with Crippen molar-refractivity contribution in [3.05, 3.63) is 88.1 Å². The van der Waals surface area contributed by atoms with Crippen LogP contribution in [0.25, 0.3) is 0 Å². The standard InChI is InChI=1S/C23H22F2N2O3S2/c24-18-7-5-16(6-8-18)22(21-4-2-14-31-21)26-23(28)17-3-1-13-27(15-17)32(29,30)20-11-9-19(25)10-12-20/h2,4-12,14,17,22H,1,3,13,15H2,(H,26,28). The molecular formula is C23H22F2N2O3S2. The summed E-state index contributed by atoms with van der Waals surface area (Å²) < 4.78 is 53.8. The number of nitrogens with zero attached hydrogens (tertiary/aromatic N) is 1. The number of rotatable bonds is 6. The summed E-state index contributed by atoms with van der Waals surface area (Å²) in [6.07, 6.45) is 1.10. The number of hydrogen-bond donors (Lipinski definition) is 1. The quantitative estimate of drug-likeness (QED) is 0.576. The molecule has 32 heavy (non-hydrogen) atoms. The van der Waals surface area contributed by atoms with Gasteiger partial charge in [-0.1, -0.05) is 18.2 Å². The normalized spacial score (nSPS) is 18.2. The number of halogens is 2. The fraction of sp³-hybridized carbons (Fsp3) is 0.261. The minimum Gasteiger partial charge on any atom is -0.344 e. The van der Waals surface area contributed by atoms with Gasteiger partial charge in [-0.05, 0) is 66.2 Å². The summed E-state index contributed by atoms with van der Waals surface area (Å²) in [5, 5.41) is 4.92. The first kappa shape index (κ1) is 22.6. The van der Waals surface area contributed by atoms with Crippen LogP contribution in [-0.2, 0) is 14.8 Å². The lowest BCUT2D eigenvalue weighted by Crippen LogP contribution is -2.46. The monoisotopic (exact) mass is 476 g/mol. The molecule has 9 heteroatoms. The molecule has 1 saturated heterocycles. The van der Waals surface area contributed by atoms with E-state index in [1.54, 1.807) is 12.1 Å². The van der Waals surface area contributed by atoms with Crippen molar-refractivity contribution in [2.24, 2.45) is 5.92 Å². The van der Waals surface area contributed by atoms with Crippen LogP contribution >= 0.6 is 11.3 Å². The maximum absolute atomic E-state index is 13.4. The van der Waals surface area contributed by atoms with E-state index < -0.39 is 27.8 Å². The summed E-state index contributed by atoms with van der Waals surface area (Å²) >= 11 is 1.48. The Balaban J connectivity index is 1.52. The molecule has 2 aromatic carbocycles. The van der Waals surface area contributed by atoms with E-state index in [2.05, 4.69) is 5.32 Å². The smallest absolute Gasteiger partial charge is 0.243 e. The van der Waals surface area contributed by atoms with Gasteiger partial charge in [-0.2, -0.15) is 4.31 Å². The van der Waals surface area contributed by atoms with Gasteiger partial charge in [0.05, 0.1) is 16.9 Å². The highest BCUT2D eigenvalue weighted by Gasteiger charge is 2.34. The van der Waals surface area contributed by atoms with Crippen molar-refractivity contribution in [2.45, 2.75) is 23.8 Å². The Morgan fingerprint density at radius 3 is 2.31 bits per heavy atom. The summed E-state index contributed by atoms with van der Waals surface area (Å²) in [7, 11) is -3.83. The Morgan fingerprint density at radius 2 is 1.69 bits per heavy atom. The van der Waals surface area contributed by atoms with Crippen LogP contribution in [-0.4, -0.2) is 31.7 Å². The number of sulfonamides is 1. The summed E-state index contributed by atoms with van der Waals surface area (Å²) in [5.74, 6) is -1.66. The number of carbonyl (C=O) groups excluding carboxylic acids is 1. The van der Waals surface area contributed by atoms with Crippen LogP contribution < -0.4 is 5.32 Å². The predicted molar refractivity (Wildman–Crippen MR) is 119 cm³/mol. The van der Waals surface area contributed by atoms with Gasteiger partial charge in [0.25, 0.3) is 0 Å². The molecular weight excluding hydrogens is 454 g/mol. The van der Waals surface area contributed by atoms with E-state index in [9.17, 15) is 22.0 Å². The van der Waals surface area contributed by atoms with Crippen LogP contribution in [0.15, 0.2) is 70.9 Å². The van der Waals surface area contributed by atoms with Gasteiger partial charge in [-0.3, -0.25) is 4.79 Å². The van der Waals surface area contributed by atoms with Crippen LogP contribution in [0.2, 0.25) is 0 Å². The molecule has 0 saturated carbocycles. The molecule has 2 atom stereocenters. The zero-order valence-corrected chi connectivity index (χ0v) is 18.7. The second-order valence-electron chi connectivity index (χ2n) is 7.66. The van der Waals surface area contributed by atoms with Gasteiger partial charge >= 0.3 is 0 Å². The average Bonchev–Trinajstić information content (AvgIpc) is 3.33. The number of benzene rings is 2. The van der Waals surface area contributed by atoms with Gasteiger partial charge in [0.2, 0.25) is 15.9 Å². The Labute approximate surface area is 189 Å². The molecule has 0 bridgehead atoms. The lowest BCUT2D eigenvalue weighted by Gasteiger charge is -2.32. The molecule has 0 radical (unpaired) electrons. The van der Waals surface area contributed by atoms with Crippen molar-refractivity contribution >= 4 is 27.3 Å². The average molecular weight is 477 g/mol. The van der Waals surface area contributed by atoms with E-state index >= 15 is 0 Å². The van der Waals surface area contributed by atoms with Gasteiger partial charge < -0.3 is 5.32 Å². The molecule has 1 fully saturated rings. The summed E-state index contributed by atoms with van der Waals surface area (Å²) in [5.41, 5.74) is 0.744. The summed E-state index contributed by atoms with van der Waals surface area (Å²) in [4.78, 5) is 14.0. The zero-order valence-electron chi connectivity index (χ0n) is 17.1. The first-order valence-electron chi connectivity index (χ1n) is 10.2. The summed E-state index contributed by atoms with van der Waals surface area (Å²) in [6, 6.07) is 14.0. The zero-order chi connectivity index (χ0) is 22.7. The Bertz CT molecular complexity index is 1160. The highest BCUT2D eigenvalue weighted by Crippen LogP contribution is 2.29. The lowest BCUT2D eigenvalue weighted by atomic mass is 9.97. The third-order valence-corrected chi connectivity index (χ3v) is 8.34. The van der Waals surface area contributed by atoms with Crippen LogP contribution in [0.5, 0.6) is 0 Å². The minimum atomic E-state index is -3.83. The molecule has 1 aromatic heterocycles. The SMILES string of the molecule is O=C(NC(c1ccc(F)cc1)c1cccs1)C1CCCN(S(=O)(=O)c2ccc(F)cc2)C1. The van der Waals surface area contributed by atoms with E-state index in [1.807, 2.05) is 17.5 Å². The van der Waals surface area contributed by atoms with E-state index in [1.165, 1.54) is 39.9 Å². The van der Waals surface area contributed by atoms with Crippen LogP contribution in [0.1, 0.15) is 29.3 Å². The molecule has 1 amide bonds. The molecule has 1 aliphatic rings. The molecule has 2 unspecified atom stereocenters. The number of amides is 1. The summed E-state index contributed by atoms with van der Waals surface area (Å²) in [6.45, 7) is 0.349. The molecule has 0 aliphatic carbocycles. The second kappa shape index (κ2) is 9.48. The Kier molecular flexibility index (Phi) is 6.68. The highest BCUT2D eigenvalue weighted by molar-refractivity contribution is 7.89. The first-order chi connectivity index (χ1) is 15.3. The lowest BCUT2D eigenvalue weighted by molar-refractivity contribution is -0.126. The van der Waals surface area contributed by atoms with Gasteiger partial charge in [-0.15, -0.1) is 11.3 Å². The van der Waals surface area contributed by atoms with Crippen LogP contribution in [0, 0.1) is 17.6 Å². The second-order valence-corrected chi connectivity index (χ2v) is 10.6. The molecule has 168 valence electrons. The van der Waals surface area contributed by atoms with E-state index in [0.29, 0.717) is 19.4 Å². The molecule has 4 rings (SSSR count). The third-order valence-electron chi connectivity index (χ3n) is 5.52. The third kappa shape index (κ3) is 4.90. The molecule has 5 nitrogen and oxygen atoms in total. The number of piperidine rings is 1. The number of nitrogens with one attached hydrogen (secondary N) is 1. The largest absolute Gasteiger partial charge is 0.344 e. The van der Waals surface area contributed by atoms with E-state index in [0.717, 1.165) is 22.6 Å². The van der Waals surface area contributed by atoms with Crippen molar-refractivity contribution in [1.29, 1.82) is 0 Å². The molecule has 1 N–H and O–H groups in total. The fourth-order valence-corrected chi connectivity index (χ4v) is 6.15. The van der Waals surface area contributed by atoms with Crippen molar-refractivity contribution in [1.82, 2.24) is 9.62 Å². The molecule has 0 spiro atoms. The topological polar surface area (TPSA) is 66.5 Å². The van der Waals surface area contributed by atoms with Gasteiger partial charge in [0.15, 0.2) is 0 Å². The van der Waals surface area contributed by atoms with Crippen molar-refractivity contribution < 1.29 is 22.0 Å². The van der Waals surface area contributed by atoms with Gasteiger partial charge in [-0.25, -0.2) is 17.2 Å². The molecule has 3 aromatic rings. The first-order valence-corrected chi connectivity index (χ1v) is 12.5. The Morgan fingerprint density at radius 1 is 1.03 bits per heavy atom. The minimum absolute atomic E-state index is 0.00253. The number of hydrogen-bond acceptors (Lipinski definition) is 4. The predicted octanol–water partition coefficient (Wildman–Crippen LogP) is 4.33. The van der Waals surface area contributed by atoms with Crippen LogP contribution in [0.3, 0.4) is 0 Å². The highest BCUT2D eigenvalue weighted by atomic mass is 32.2. The van der Waals surface area contributed by atoms with Gasteiger partial charge in [0, 0.05) is 18.0 Å².